The number of benzene rings is 2. The van der Waals surface area contributed by atoms with Gasteiger partial charge in [-0.2, -0.15) is 18.2 Å². The number of para-hydroxylation sites is 1. The average molecular weight is 668 g/mol. The van der Waals surface area contributed by atoms with Crippen LogP contribution in [0.25, 0.3) is 0 Å². The molecular weight excluding hydrogens is 623 g/mol. The second kappa shape index (κ2) is 14.8. The van der Waals surface area contributed by atoms with Crippen molar-refractivity contribution in [2.75, 3.05) is 62.5 Å². The molecule has 1 aliphatic carbocycles. The van der Waals surface area contributed by atoms with Gasteiger partial charge in [0.25, 0.3) is 5.91 Å². The highest BCUT2D eigenvalue weighted by atomic mass is 19.4. The number of amides is 1. The highest BCUT2D eigenvalue weighted by Crippen LogP contribution is 2.42. The number of methoxy groups -OCH3 is 1. The summed E-state index contributed by atoms with van der Waals surface area (Å²) in [6.45, 7) is 11.9. The number of carbonyl (C=O) groups excluding carboxylic acids is 1. The molecular formula is C35H44F3N7O3. The van der Waals surface area contributed by atoms with E-state index in [4.69, 9.17) is 4.74 Å². The maximum atomic E-state index is 14.0. The van der Waals surface area contributed by atoms with Crippen LogP contribution in [0, 0.1) is 18.8 Å². The van der Waals surface area contributed by atoms with Crippen LogP contribution >= 0.6 is 0 Å². The SMILES string of the molecule is C=C1C(CC)CC(CCO)[C@@H]1N1CCN(c2ccc(Nc3ncc(C(F)(F)F)c(Nc4c(C)cccc4C(=O)NC)n3)c(OC)c2)CC1. The molecule has 2 fully saturated rings. The number of hydrogen-bond acceptors (Lipinski definition) is 9. The number of ether oxygens (including phenoxy) is 1. The second-order valence-electron chi connectivity index (χ2n) is 12.3. The van der Waals surface area contributed by atoms with Gasteiger partial charge < -0.3 is 30.7 Å². The zero-order valence-corrected chi connectivity index (χ0v) is 27.8. The van der Waals surface area contributed by atoms with Gasteiger partial charge in [-0.15, -0.1) is 0 Å². The van der Waals surface area contributed by atoms with Crippen LogP contribution in [0.4, 0.5) is 42.0 Å². The minimum Gasteiger partial charge on any atom is -0.494 e. The molecule has 2 aliphatic rings. The van der Waals surface area contributed by atoms with Gasteiger partial charge >= 0.3 is 6.18 Å². The molecule has 2 heterocycles. The fourth-order valence-corrected chi connectivity index (χ4v) is 6.97. The number of alkyl halides is 3. The second-order valence-corrected chi connectivity index (χ2v) is 12.3. The maximum Gasteiger partial charge on any atom is 0.421 e. The predicted octanol–water partition coefficient (Wildman–Crippen LogP) is 6.13. The molecule has 1 aliphatic heterocycles. The summed E-state index contributed by atoms with van der Waals surface area (Å²) in [5.41, 5.74) is 2.61. The van der Waals surface area contributed by atoms with E-state index in [0.29, 0.717) is 35.0 Å². The molecule has 2 aromatic carbocycles. The first-order valence-corrected chi connectivity index (χ1v) is 16.3. The Morgan fingerprint density at radius 3 is 2.54 bits per heavy atom. The van der Waals surface area contributed by atoms with Crippen molar-refractivity contribution < 1.29 is 27.8 Å². The van der Waals surface area contributed by atoms with Gasteiger partial charge in [0.15, 0.2) is 0 Å². The Balaban J connectivity index is 1.34. The quantitative estimate of drug-likeness (QED) is 0.179. The van der Waals surface area contributed by atoms with Gasteiger partial charge in [-0.05, 0) is 61.8 Å². The molecule has 0 spiro atoms. The van der Waals surface area contributed by atoms with Gasteiger partial charge in [-0.3, -0.25) is 9.69 Å². The van der Waals surface area contributed by atoms with Gasteiger partial charge in [-0.1, -0.05) is 31.2 Å². The van der Waals surface area contributed by atoms with Crippen LogP contribution in [0.3, 0.4) is 0 Å². The molecule has 0 bridgehead atoms. The lowest BCUT2D eigenvalue weighted by Gasteiger charge is -2.41. The zero-order valence-electron chi connectivity index (χ0n) is 27.8. The Kier molecular flexibility index (Phi) is 10.8. The summed E-state index contributed by atoms with van der Waals surface area (Å²) in [5.74, 6) is 0.364. The normalized spacial score (nSPS) is 20.1. The van der Waals surface area contributed by atoms with Crippen LogP contribution in [0.15, 0.2) is 54.7 Å². The van der Waals surface area contributed by atoms with Crippen LogP contribution in [0.5, 0.6) is 5.75 Å². The van der Waals surface area contributed by atoms with Crippen molar-refractivity contribution in [3.63, 3.8) is 0 Å². The summed E-state index contributed by atoms with van der Waals surface area (Å²) < 4.78 is 47.8. The number of nitrogens with one attached hydrogen (secondary N) is 3. The molecule has 48 heavy (non-hydrogen) atoms. The van der Waals surface area contributed by atoms with Crippen LogP contribution in [0.2, 0.25) is 0 Å². The number of aliphatic hydroxyl groups is 1. The summed E-state index contributed by atoms with van der Waals surface area (Å²) in [4.78, 5) is 25.4. The predicted molar refractivity (Wildman–Crippen MR) is 181 cm³/mol. The molecule has 1 saturated carbocycles. The standard InChI is InChI=1S/C35H44F3N7O3/c1-6-23-18-24(12-17-46)31(22(23)3)45-15-13-44(14-16-45)25-10-11-28(29(19-25)48-5)41-34-40-20-27(35(36,37)38)32(43-34)42-30-21(2)8-7-9-26(30)33(47)39-4/h7-11,19-20,23-24,31,46H,3,6,12-18H2,1-2,4-5H3,(H,39,47)(H2,40,41,42,43)/t23?,24?,31-/m1/s1. The molecule has 13 heteroatoms. The summed E-state index contributed by atoms with van der Waals surface area (Å²) in [5, 5.41) is 17.9. The van der Waals surface area contributed by atoms with Crippen LogP contribution < -0.4 is 25.6 Å². The first-order valence-electron chi connectivity index (χ1n) is 16.3. The third-order valence-corrected chi connectivity index (χ3v) is 9.52. The van der Waals surface area contributed by atoms with Gasteiger partial charge in [0.2, 0.25) is 5.95 Å². The van der Waals surface area contributed by atoms with E-state index in [1.54, 1.807) is 25.1 Å². The molecule has 1 aromatic heterocycles. The Morgan fingerprint density at radius 2 is 1.90 bits per heavy atom. The molecule has 4 N–H and O–H groups in total. The molecule has 1 saturated heterocycles. The molecule has 1 amide bonds. The number of carbonyl (C=O) groups is 1. The van der Waals surface area contributed by atoms with Gasteiger partial charge in [-0.25, -0.2) is 4.98 Å². The minimum absolute atomic E-state index is 0.0835. The number of rotatable bonds is 11. The molecule has 2 unspecified atom stereocenters. The van der Waals surface area contributed by atoms with Crippen molar-refractivity contribution in [2.45, 2.75) is 45.3 Å². The first-order chi connectivity index (χ1) is 23.0. The third kappa shape index (κ3) is 7.36. The van der Waals surface area contributed by atoms with Gasteiger partial charge in [0, 0.05) is 63.8 Å². The first kappa shape index (κ1) is 35.0. The van der Waals surface area contributed by atoms with Crippen molar-refractivity contribution in [1.29, 1.82) is 0 Å². The summed E-state index contributed by atoms with van der Waals surface area (Å²) in [7, 11) is 2.98. The minimum atomic E-state index is -4.75. The van der Waals surface area contributed by atoms with E-state index in [1.165, 1.54) is 25.8 Å². The number of anilines is 5. The Morgan fingerprint density at radius 1 is 1.15 bits per heavy atom. The fraction of sp³-hybridized carbons (Fsp3) is 0.457. The fourth-order valence-electron chi connectivity index (χ4n) is 6.97. The molecule has 3 aromatic rings. The number of piperazine rings is 1. The lowest BCUT2D eigenvalue weighted by Crippen LogP contribution is -2.52. The molecule has 5 rings (SSSR count). The molecule has 258 valence electrons. The van der Waals surface area contributed by atoms with Crippen molar-refractivity contribution in [1.82, 2.24) is 20.2 Å². The lowest BCUT2D eigenvalue weighted by atomic mass is 9.96. The van der Waals surface area contributed by atoms with Crippen LogP contribution in [-0.4, -0.2) is 78.9 Å². The number of aryl methyl sites for hydroxylation is 1. The van der Waals surface area contributed by atoms with E-state index in [0.717, 1.165) is 51.1 Å². The van der Waals surface area contributed by atoms with Crippen LogP contribution in [-0.2, 0) is 6.18 Å². The number of hydrogen-bond donors (Lipinski definition) is 4. The molecule has 3 atom stereocenters. The number of nitrogens with zero attached hydrogens (tertiary/aromatic N) is 4. The Labute approximate surface area is 279 Å². The van der Waals surface area contributed by atoms with Gasteiger partial charge in [0.1, 0.15) is 17.1 Å². The molecule has 0 radical (unpaired) electrons. The number of aromatic nitrogens is 2. The zero-order chi connectivity index (χ0) is 34.6. The van der Waals surface area contributed by atoms with Gasteiger partial charge in [0.05, 0.1) is 24.0 Å². The summed E-state index contributed by atoms with van der Waals surface area (Å²) in [6, 6.07) is 10.8. The monoisotopic (exact) mass is 667 g/mol. The lowest BCUT2D eigenvalue weighted by molar-refractivity contribution is -0.137. The number of aliphatic hydroxyl groups excluding tert-OH is 1. The highest BCUT2D eigenvalue weighted by Gasteiger charge is 2.40. The Bertz CT molecular complexity index is 1630. The van der Waals surface area contributed by atoms with E-state index in [2.05, 4.69) is 49.2 Å². The van der Waals surface area contributed by atoms with E-state index in [-0.39, 0.29) is 29.8 Å². The largest absolute Gasteiger partial charge is 0.494 e. The van der Waals surface area contributed by atoms with Crippen molar-refractivity contribution in [3.05, 3.63) is 71.4 Å². The number of halogens is 3. The third-order valence-electron chi connectivity index (χ3n) is 9.52. The van der Waals surface area contributed by atoms with Crippen LogP contribution in [0.1, 0.15) is 47.7 Å². The molecule has 10 nitrogen and oxygen atoms in total. The highest BCUT2D eigenvalue weighted by molar-refractivity contribution is 6.00. The van der Waals surface area contributed by atoms with E-state index < -0.39 is 23.5 Å². The van der Waals surface area contributed by atoms with Crippen molar-refractivity contribution in [3.8, 4) is 5.75 Å². The van der Waals surface area contributed by atoms with E-state index in [9.17, 15) is 23.1 Å². The maximum absolute atomic E-state index is 14.0. The smallest absolute Gasteiger partial charge is 0.421 e. The Hall–Kier alpha value is -4.36. The average Bonchev–Trinajstić information content (AvgIpc) is 3.39. The summed E-state index contributed by atoms with van der Waals surface area (Å²) in [6.07, 6.45) is -1.10. The van der Waals surface area contributed by atoms with E-state index >= 15 is 0 Å². The van der Waals surface area contributed by atoms with Crippen molar-refractivity contribution >= 4 is 34.7 Å². The summed E-state index contributed by atoms with van der Waals surface area (Å²) >= 11 is 0. The van der Waals surface area contributed by atoms with E-state index in [1.807, 2.05) is 12.1 Å². The van der Waals surface area contributed by atoms with Crippen molar-refractivity contribution in [2.24, 2.45) is 11.8 Å². The topological polar surface area (TPSA) is 115 Å².